The number of ether oxygens (including phenoxy) is 2. The highest BCUT2D eigenvalue weighted by atomic mass is 16.5. The number of fused-ring (bicyclic) bond motifs is 6. The quantitative estimate of drug-likeness (QED) is 0.365. The van der Waals surface area contributed by atoms with Crippen LogP contribution in [-0.4, -0.2) is 25.2 Å². The van der Waals surface area contributed by atoms with Gasteiger partial charge in [-0.1, -0.05) is 44.1 Å². The smallest absolute Gasteiger partial charge is 0.305 e. The minimum atomic E-state index is -0.134. The Bertz CT molecular complexity index is 810. The lowest BCUT2D eigenvalue weighted by molar-refractivity contribution is -0.147. The van der Waals surface area contributed by atoms with Gasteiger partial charge in [-0.3, -0.25) is 9.59 Å². The van der Waals surface area contributed by atoms with Gasteiger partial charge in [-0.15, -0.1) is 0 Å². The van der Waals surface area contributed by atoms with E-state index < -0.39 is 0 Å². The molecule has 0 aromatic carbocycles. The molecule has 0 aromatic heterocycles. The van der Waals surface area contributed by atoms with E-state index in [0.717, 1.165) is 32.1 Å². The molecule has 0 amide bonds. The number of carbonyl (C=O) groups is 2. The Morgan fingerprint density at radius 2 is 1.97 bits per heavy atom. The number of allylic oxidation sites excluding steroid dienone is 4. The fourth-order valence-corrected chi connectivity index (χ4v) is 7.97. The van der Waals surface area contributed by atoms with Crippen LogP contribution in [0.15, 0.2) is 23.3 Å². The van der Waals surface area contributed by atoms with Crippen molar-refractivity contribution >= 4 is 11.9 Å². The minimum absolute atomic E-state index is 0.0979. The highest BCUT2D eigenvalue weighted by Gasteiger charge is 2.53. The van der Waals surface area contributed by atoms with Crippen molar-refractivity contribution in [2.45, 2.75) is 98.0 Å². The highest BCUT2D eigenvalue weighted by molar-refractivity contribution is 5.69. The molecule has 4 aliphatic carbocycles. The lowest BCUT2D eigenvalue weighted by Crippen LogP contribution is -2.39. The van der Waals surface area contributed by atoms with Crippen molar-refractivity contribution in [3.63, 3.8) is 0 Å². The number of carbonyl (C=O) groups excluding carboxylic acids is 2. The SMILES string of the molecule is COC(=O)CC[C@@H](C)C1=CCC2C3CC[C@H]4C[C@H](OC(C)=O)CC[C@@](C)(C4)C3=CC[C@]12C. The van der Waals surface area contributed by atoms with Crippen molar-refractivity contribution in [2.24, 2.45) is 34.5 Å². The van der Waals surface area contributed by atoms with Crippen LogP contribution in [0.4, 0.5) is 0 Å². The van der Waals surface area contributed by atoms with Crippen LogP contribution in [0.3, 0.4) is 0 Å². The summed E-state index contributed by atoms with van der Waals surface area (Å²) >= 11 is 0. The molecule has 2 unspecified atom stereocenters. The molecule has 2 bridgehead atoms. The topological polar surface area (TPSA) is 52.6 Å². The monoisotopic (exact) mass is 442 g/mol. The van der Waals surface area contributed by atoms with Crippen molar-refractivity contribution in [2.75, 3.05) is 7.11 Å². The van der Waals surface area contributed by atoms with Crippen LogP contribution in [0.5, 0.6) is 0 Å². The summed E-state index contributed by atoms with van der Waals surface area (Å²) in [6, 6.07) is 0. The van der Waals surface area contributed by atoms with Gasteiger partial charge in [0, 0.05) is 13.3 Å². The first-order valence-electron chi connectivity index (χ1n) is 12.8. The van der Waals surface area contributed by atoms with Crippen LogP contribution >= 0.6 is 0 Å². The van der Waals surface area contributed by atoms with Gasteiger partial charge >= 0.3 is 11.9 Å². The maximum absolute atomic E-state index is 11.7. The molecule has 4 nitrogen and oxygen atoms in total. The zero-order valence-corrected chi connectivity index (χ0v) is 20.7. The summed E-state index contributed by atoms with van der Waals surface area (Å²) in [6.45, 7) is 8.82. The highest BCUT2D eigenvalue weighted by Crippen LogP contribution is 2.63. The van der Waals surface area contributed by atoms with Crippen LogP contribution in [0.1, 0.15) is 91.9 Å². The van der Waals surface area contributed by atoms with E-state index in [1.54, 1.807) is 18.1 Å². The van der Waals surface area contributed by atoms with Crippen molar-refractivity contribution in [1.29, 1.82) is 0 Å². The number of rotatable bonds is 5. The molecule has 2 fully saturated rings. The molecule has 4 heteroatoms. The standard InChI is InChI=1S/C28H42O4/c1-18(6-11-26(30)31-5)23-9-10-25-22-8-7-20-16-21(32-19(2)29)12-14-27(3,17-20)24(22)13-15-28(23,25)4/h9,13,18,20-22,25H,6-8,10-12,14-17H2,1-5H3/t18-,20+,21-,22?,25?,27+,28-/m1/s1. The maximum atomic E-state index is 11.7. The van der Waals surface area contributed by atoms with Crippen LogP contribution in [-0.2, 0) is 19.1 Å². The average Bonchev–Trinajstić information content (AvgIpc) is 2.93. The third-order valence-electron chi connectivity index (χ3n) is 9.51. The molecule has 0 aliphatic heterocycles. The first-order chi connectivity index (χ1) is 15.2. The Balaban J connectivity index is 1.54. The largest absolute Gasteiger partial charge is 0.469 e. The van der Waals surface area contributed by atoms with Crippen LogP contribution in [0.25, 0.3) is 0 Å². The summed E-state index contributed by atoms with van der Waals surface area (Å²) in [6.07, 6.45) is 15.8. The van der Waals surface area contributed by atoms with Crippen LogP contribution in [0.2, 0.25) is 0 Å². The summed E-state index contributed by atoms with van der Waals surface area (Å²) in [5.74, 6) is 2.18. The number of esters is 2. The summed E-state index contributed by atoms with van der Waals surface area (Å²) in [5, 5.41) is 0. The van der Waals surface area contributed by atoms with Crippen molar-refractivity contribution in [3.05, 3.63) is 23.3 Å². The molecule has 0 aromatic rings. The molecule has 0 N–H and O–H groups in total. The number of hydrogen-bond donors (Lipinski definition) is 0. The van der Waals surface area contributed by atoms with E-state index in [2.05, 4.69) is 32.9 Å². The number of hydrogen-bond acceptors (Lipinski definition) is 4. The second-order valence-corrected chi connectivity index (χ2v) is 11.6. The second kappa shape index (κ2) is 8.99. The zero-order chi connectivity index (χ0) is 23.1. The van der Waals surface area contributed by atoms with Gasteiger partial charge < -0.3 is 9.47 Å². The Labute approximate surface area is 194 Å². The molecular weight excluding hydrogens is 400 g/mol. The molecule has 7 atom stereocenters. The third kappa shape index (κ3) is 4.31. The van der Waals surface area contributed by atoms with Gasteiger partial charge in [0.05, 0.1) is 7.11 Å². The zero-order valence-electron chi connectivity index (χ0n) is 20.7. The lowest BCUT2D eigenvalue weighted by Gasteiger charge is -2.48. The lowest BCUT2D eigenvalue weighted by atomic mass is 9.56. The van der Waals surface area contributed by atoms with E-state index in [0.29, 0.717) is 30.1 Å². The van der Waals surface area contributed by atoms with Crippen molar-refractivity contribution in [3.8, 4) is 0 Å². The van der Waals surface area contributed by atoms with Gasteiger partial charge in [-0.25, -0.2) is 0 Å². The fraction of sp³-hybridized carbons (Fsp3) is 0.786. The maximum Gasteiger partial charge on any atom is 0.305 e. The second-order valence-electron chi connectivity index (χ2n) is 11.6. The summed E-state index contributed by atoms with van der Waals surface area (Å²) in [7, 11) is 1.48. The normalized spacial score (nSPS) is 39.4. The molecule has 0 spiro atoms. The van der Waals surface area contributed by atoms with E-state index in [1.165, 1.54) is 32.8 Å². The van der Waals surface area contributed by atoms with Gasteiger partial charge in [0.15, 0.2) is 0 Å². The third-order valence-corrected chi connectivity index (χ3v) is 9.51. The molecule has 0 heterocycles. The fourth-order valence-electron chi connectivity index (χ4n) is 7.97. The molecule has 0 saturated heterocycles. The first kappa shape index (κ1) is 23.6. The molecule has 4 rings (SSSR count). The Kier molecular flexibility index (Phi) is 6.62. The number of methoxy groups -OCH3 is 1. The Morgan fingerprint density at radius 1 is 1.19 bits per heavy atom. The van der Waals surface area contributed by atoms with E-state index in [1.807, 2.05) is 0 Å². The van der Waals surface area contributed by atoms with E-state index in [4.69, 9.17) is 9.47 Å². The minimum Gasteiger partial charge on any atom is -0.469 e. The van der Waals surface area contributed by atoms with Gasteiger partial charge in [-0.2, -0.15) is 0 Å². The van der Waals surface area contributed by atoms with Gasteiger partial charge in [0.2, 0.25) is 0 Å². The first-order valence-corrected chi connectivity index (χ1v) is 12.8. The van der Waals surface area contributed by atoms with Crippen LogP contribution in [0, 0.1) is 34.5 Å². The van der Waals surface area contributed by atoms with Crippen molar-refractivity contribution < 1.29 is 19.1 Å². The Morgan fingerprint density at radius 3 is 2.69 bits per heavy atom. The molecule has 178 valence electrons. The summed E-state index contributed by atoms with van der Waals surface area (Å²) in [5.41, 5.74) is 3.74. The molecule has 0 radical (unpaired) electrons. The molecule has 32 heavy (non-hydrogen) atoms. The predicted octanol–water partition coefficient (Wildman–Crippen LogP) is 6.40. The van der Waals surface area contributed by atoms with Gasteiger partial charge in [-0.05, 0) is 92.3 Å². The average molecular weight is 443 g/mol. The summed E-state index contributed by atoms with van der Waals surface area (Å²) in [4.78, 5) is 23.3. The molecule has 2 saturated carbocycles. The summed E-state index contributed by atoms with van der Waals surface area (Å²) < 4.78 is 10.5. The molecule has 4 aliphatic rings. The van der Waals surface area contributed by atoms with Gasteiger partial charge in [0.1, 0.15) is 6.10 Å². The van der Waals surface area contributed by atoms with Crippen molar-refractivity contribution in [1.82, 2.24) is 0 Å². The van der Waals surface area contributed by atoms with E-state index in [-0.39, 0.29) is 28.9 Å². The predicted molar refractivity (Wildman–Crippen MR) is 126 cm³/mol. The molecular formula is C28H42O4. The van der Waals surface area contributed by atoms with E-state index in [9.17, 15) is 9.59 Å². The van der Waals surface area contributed by atoms with Crippen LogP contribution < -0.4 is 0 Å². The van der Waals surface area contributed by atoms with E-state index >= 15 is 0 Å². The Hall–Kier alpha value is -1.58. The van der Waals surface area contributed by atoms with Gasteiger partial charge in [0.25, 0.3) is 0 Å².